The van der Waals surface area contributed by atoms with Gasteiger partial charge >= 0.3 is 23.9 Å². The summed E-state index contributed by atoms with van der Waals surface area (Å²) in [7, 11) is 0. The quantitative estimate of drug-likeness (QED) is 0.0780. The van der Waals surface area contributed by atoms with Crippen LogP contribution in [0.4, 0.5) is 4.39 Å². The molecular formula is C35H47FO8. The van der Waals surface area contributed by atoms with Crippen LogP contribution >= 0.6 is 0 Å². The van der Waals surface area contributed by atoms with Gasteiger partial charge in [-0.1, -0.05) is 90.7 Å². The lowest BCUT2D eigenvalue weighted by Crippen LogP contribution is -2.16. The zero-order valence-corrected chi connectivity index (χ0v) is 26.4. The highest BCUT2D eigenvalue weighted by Crippen LogP contribution is 2.40. The summed E-state index contributed by atoms with van der Waals surface area (Å²) in [5.41, 5.74) is 0.489. The molecule has 9 heteroatoms. The number of rotatable bonds is 21. The minimum atomic E-state index is -0.799. The summed E-state index contributed by atoms with van der Waals surface area (Å²) in [4.78, 5) is 51.5. The maximum atomic E-state index is 13.3. The normalized spacial score (nSPS) is 10.7. The number of hydrogen-bond donors (Lipinski definition) is 0. The SMILES string of the molecule is CCCCCCC(=O)Oc1cc(C(=O)OCc2ccc(F)cc2)cc(OC(=O)CCCCCC)c1OC(=O)CCCCCC. The molecule has 2 aromatic carbocycles. The molecule has 0 aliphatic carbocycles. The number of halogens is 1. The highest BCUT2D eigenvalue weighted by atomic mass is 19.1. The van der Waals surface area contributed by atoms with Crippen molar-refractivity contribution in [2.75, 3.05) is 0 Å². The molecule has 0 aliphatic heterocycles. The van der Waals surface area contributed by atoms with Crippen LogP contribution in [-0.4, -0.2) is 23.9 Å². The third-order valence-corrected chi connectivity index (χ3v) is 6.91. The summed E-state index contributed by atoms with van der Waals surface area (Å²) in [6.07, 6.45) is 10.7. The van der Waals surface area contributed by atoms with Crippen LogP contribution in [-0.2, 0) is 25.7 Å². The number of ether oxygens (including phenoxy) is 4. The molecule has 0 fully saturated rings. The van der Waals surface area contributed by atoms with Gasteiger partial charge in [0.15, 0.2) is 11.5 Å². The van der Waals surface area contributed by atoms with E-state index in [1.54, 1.807) is 0 Å². The van der Waals surface area contributed by atoms with Crippen LogP contribution in [0.1, 0.15) is 133 Å². The standard InChI is InChI=1S/C35H47FO8/c1-4-7-10-13-16-31(37)42-29-23-27(35(40)41-25-26-19-21-28(36)22-20-26)24-30(43-32(38)17-14-11-8-5-2)34(29)44-33(39)18-15-12-9-6-3/h19-24H,4-18,25H2,1-3H3. The summed E-state index contributed by atoms with van der Waals surface area (Å²) < 4.78 is 35.6. The van der Waals surface area contributed by atoms with Crippen molar-refractivity contribution < 1.29 is 42.5 Å². The Hall–Kier alpha value is -3.75. The maximum absolute atomic E-state index is 13.3. The van der Waals surface area contributed by atoms with Crippen LogP contribution in [0.5, 0.6) is 17.2 Å². The Morgan fingerprint density at radius 1 is 0.591 bits per heavy atom. The minimum absolute atomic E-state index is 0.0718. The second kappa shape index (κ2) is 21.0. The van der Waals surface area contributed by atoms with Crippen molar-refractivity contribution in [2.45, 2.75) is 124 Å². The highest BCUT2D eigenvalue weighted by Gasteiger charge is 2.25. The second-order valence-corrected chi connectivity index (χ2v) is 10.9. The first-order valence-corrected chi connectivity index (χ1v) is 16.0. The van der Waals surface area contributed by atoms with Crippen LogP contribution in [0.3, 0.4) is 0 Å². The molecule has 0 N–H and O–H groups in total. The summed E-state index contributed by atoms with van der Waals surface area (Å²) in [6, 6.07) is 7.98. The number of carbonyl (C=O) groups is 4. The Balaban J connectivity index is 2.39. The average molecular weight is 615 g/mol. The number of hydrogen-bond acceptors (Lipinski definition) is 8. The Morgan fingerprint density at radius 3 is 1.45 bits per heavy atom. The van der Waals surface area contributed by atoms with Crippen molar-refractivity contribution in [3.05, 3.63) is 53.3 Å². The molecule has 44 heavy (non-hydrogen) atoms. The Bertz CT molecular complexity index is 1140. The molecule has 2 rings (SSSR count). The van der Waals surface area contributed by atoms with Gasteiger partial charge in [-0.15, -0.1) is 0 Å². The minimum Gasteiger partial charge on any atom is -0.457 e. The molecule has 0 aromatic heterocycles. The molecule has 0 bridgehead atoms. The first-order valence-electron chi connectivity index (χ1n) is 16.0. The van der Waals surface area contributed by atoms with E-state index in [4.69, 9.17) is 18.9 Å². The van der Waals surface area contributed by atoms with Crippen molar-refractivity contribution in [1.29, 1.82) is 0 Å². The first-order chi connectivity index (χ1) is 21.3. The van der Waals surface area contributed by atoms with Crippen LogP contribution < -0.4 is 14.2 Å². The van der Waals surface area contributed by atoms with Gasteiger partial charge in [-0.3, -0.25) is 14.4 Å². The van der Waals surface area contributed by atoms with Crippen molar-refractivity contribution in [2.24, 2.45) is 0 Å². The average Bonchev–Trinajstić information content (AvgIpc) is 3.00. The number of unbranched alkanes of at least 4 members (excludes halogenated alkanes) is 9. The Kier molecular flexibility index (Phi) is 17.4. The van der Waals surface area contributed by atoms with Gasteiger partial charge < -0.3 is 18.9 Å². The van der Waals surface area contributed by atoms with Gasteiger partial charge in [0, 0.05) is 19.3 Å². The maximum Gasteiger partial charge on any atom is 0.338 e. The van der Waals surface area contributed by atoms with E-state index >= 15 is 0 Å². The summed E-state index contributed by atoms with van der Waals surface area (Å²) >= 11 is 0. The molecule has 0 aliphatic rings. The first kappa shape index (κ1) is 36.4. The predicted molar refractivity (Wildman–Crippen MR) is 165 cm³/mol. The monoisotopic (exact) mass is 614 g/mol. The van der Waals surface area contributed by atoms with Gasteiger partial charge in [0.05, 0.1) is 5.56 Å². The molecule has 2 aromatic rings. The third kappa shape index (κ3) is 14.1. The van der Waals surface area contributed by atoms with Crippen LogP contribution in [0.2, 0.25) is 0 Å². The van der Waals surface area contributed by atoms with Crippen molar-refractivity contribution >= 4 is 23.9 Å². The van der Waals surface area contributed by atoms with E-state index in [0.717, 1.165) is 57.8 Å². The molecule has 242 valence electrons. The second-order valence-electron chi connectivity index (χ2n) is 10.9. The molecule has 0 amide bonds. The van der Waals surface area contributed by atoms with E-state index in [1.807, 2.05) is 0 Å². The fourth-order valence-corrected chi connectivity index (χ4v) is 4.36. The van der Waals surface area contributed by atoms with E-state index in [2.05, 4.69) is 20.8 Å². The van der Waals surface area contributed by atoms with Gasteiger partial charge in [0.1, 0.15) is 12.4 Å². The topological polar surface area (TPSA) is 105 Å². The largest absolute Gasteiger partial charge is 0.457 e. The van der Waals surface area contributed by atoms with Gasteiger partial charge in [-0.05, 0) is 49.1 Å². The molecule has 0 unspecified atom stereocenters. The van der Waals surface area contributed by atoms with E-state index in [9.17, 15) is 23.6 Å². The molecule has 8 nitrogen and oxygen atoms in total. The van der Waals surface area contributed by atoms with Crippen LogP contribution in [0, 0.1) is 5.82 Å². The zero-order chi connectivity index (χ0) is 32.2. The highest BCUT2D eigenvalue weighted by molar-refractivity contribution is 5.92. The molecule has 0 saturated heterocycles. The number of carbonyl (C=O) groups excluding carboxylic acids is 4. The lowest BCUT2D eigenvalue weighted by Gasteiger charge is -2.16. The van der Waals surface area contributed by atoms with E-state index in [0.29, 0.717) is 24.8 Å². The van der Waals surface area contributed by atoms with Crippen molar-refractivity contribution in [3.63, 3.8) is 0 Å². The van der Waals surface area contributed by atoms with E-state index < -0.39 is 29.7 Å². The van der Waals surface area contributed by atoms with Gasteiger partial charge in [0.25, 0.3) is 0 Å². The molecule has 0 saturated carbocycles. The number of esters is 4. The van der Waals surface area contributed by atoms with Crippen LogP contribution in [0.15, 0.2) is 36.4 Å². The zero-order valence-electron chi connectivity index (χ0n) is 26.4. The molecular weight excluding hydrogens is 567 g/mol. The lowest BCUT2D eigenvalue weighted by atomic mass is 10.1. The predicted octanol–water partition coefficient (Wildman–Crippen LogP) is 8.81. The molecule has 0 spiro atoms. The van der Waals surface area contributed by atoms with Crippen LogP contribution in [0.25, 0.3) is 0 Å². The lowest BCUT2D eigenvalue weighted by molar-refractivity contribution is -0.138. The summed E-state index contributed by atoms with van der Waals surface area (Å²) in [5.74, 6) is -3.59. The number of benzene rings is 2. The third-order valence-electron chi connectivity index (χ3n) is 6.91. The Morgan fingerprint density at radius 2 is 1.02 bits per heavy atom. The smallest absolute Gasteiger partial charge is 0.338 e. The van der Waals surface area contributed by atoms with E-state index in [-0.39, 0.29) is 48.7 Å². The fourth-order valence-electron chi connectivity index (χ4n) is 4.36. The van der Waals surface area contributed by atoms with Gasteiger partial charge in [-0.2, -0.15) is 0 Å². The van der Waals surface area contributed by atoms with Crippen molar-refractivity contribution in [3.8, 4) is 17.2 Å². The molecule has 0 heterocycles. The molecule has 0 atom stereocenters. The van der Waals surface area contributed by atoms with Gasteiger partial charge in [0.2, 0.25) is 5.75 Å². The summed E-state index contributed by atoms with van der Waals surface area (Å²) in [5, 5.41) is 0. The summed E-state index contributed by atoms with van der Waals surface area (Å²) in [6.45, 7) is 6.05. The van der Waals surface area contributed by atoms with Crippen molar-refractivity contribution in [1.82, 2.24) is 0 Å². The fraction of sp³-hybridized carbons (Fsp3) is 0.543. The Labute approximate surface area is 260 Å². The molecule has 0 radical (unpaired) electrons. The van der Waals surface area contributed by atoms with E-state index in [1.165, 1.54) is 36.4 Å². The van der Waals surface area contributed by atoms with Gasteiger partial charge in [-0.25, -0.2) is 9.18 Å².